The molecule has 0 fully saturated rings. The monoisotopic (exact) mass is 273 g/mol. The molecule has 82 valence electrons. The molecule has 1 atom stereocenters. The third kappa shape index (κ3) is 2.94. The summed E-state index contributed by atoms with van der Waals surface area (Å²) in [5.41, 5.74) is 6.79. The lowest BCUT2D eigenvalue weighted by Gasteiger charge is -2.13. The van der Waals surface area contributed by atoms with Crippen LogP contribution in [-0.2, 0) is 4.79 Å². The third-order valence-electron chi connectivity index (χ3n) is 2.09. The molecule has 4 N–H and O–H groups in total. The number of phenolic OH excluding ortho intramolecular Hbond substituents is 1. The maximum atomic E-state index is 10.5. The summed E-state index contributed by atoms with van der Waals surface area (Å²) in [4.78, 5) is 10.5. The molecule has 1 rings (SSSR count). The Kier molecular flexibility index (Phi) is 3.71. The van der Waals surface area contributed by atoms with Crippen LogP contribution in [0.15, 0.2) is 16.6 Å². The molecular formula is C10H12BrNO3. The smallest absolute Gasteiger partial charge is 0.305 e. The molecule has 0 aliphatic carbocycles. The van der Waals surface area contributed by atoms with E-state index in [2.05, 4.69) is 15.9 Å². The minimum atomic E-state index is -0.987. The molecular weight excluding hydrogens is 262 g/mol. The van der Waals surface area contributed by atoms with Crippen LogP contribution in [0.25, 0.3) is 0 Å². The molecule has 0 bridgehead atoms. The van der Waals surface area contributed by atoms with Gasteiger partial charge in [-0.05, 0) is 24.6 Å². The lowest BCUT2D eigenvalue weighted by atomic mass is 10.0. The van der Waals surface area contributed by atoms with Gasteiger partial charge in [-0.2, -0.15) is 0 Å². The molecule has 0 aliphatic rings. The number of aryl methyl sites for hydroxylation is 1. The Balaban J connectivity index is 3.07. The summed E-state index contributed by atoms with van der Waals surface area (Å²) in [5.74, 6) is -0.925. The van der Waals surface area contributed by atoms with E-state index in [4.69, 9.17) is 10.8 Å². The van der Waals surface area contributed by atoms with Gasteiger partial charge in [-0.3, -0.25) is 4.79 Å². The highest BCUT2D eigenvalue weighted by molar-refractivity contribution is 9.10. The topological polar surface area (TPSA) is 83.6 Å². The summed E-state index contributed by atoms with van der Waals surface area (Å²) in [6, 6.07) is 2.68. The lowest BCUT2D eigenvalue weighted by Crippen LogP contribution is -2.15. The fourth-order valence-electron chi connectivity index (χ4n) is 1.34. The molecule has 4 nitrogen and oxygen atoms in total. The Bertz CT molecular complexity index is 392. The van der Waals surface area contributed by atoms with Gasteiger partial charge in [0, 0.05) is 16.1 Å². The van der Waals surface area contributed by atoms with Crippen molar-refractivity contribution in [2.45, 2.75) is 19.4 Å². The van der Waals surface area contributed by atoms with E-state index in [0.717, 1.165) is 4.47 Å². The highest BCUT2D eigenvalue weighted by atomic mass is 79.9. The van der Waals surface area contributed by atoms with Gasteiger partial charge < -0.3 is 15.9 Å². The average Bonchev–Trinajstić information content (AvgIpc) is 2.09. The van der Waals surface area contributed by atoms with E-state index < -0.39 is 12.0 Å². The Morgan fingerprint density at radius 3 is 2.73 bits per heavy atom. The van der Waals surface area contributed by atoms with Gasteiger partial charge in [0.1, 0.15) is 5.75 Å². The lowest BCUT2D eigenvalue weighted by molar-refractivity contribution is -0.137. The second-order valence-corrected chi connectivity index (χ2v) is 4.28. The number of benzene rings is 1. The van der Waals surface area contributed by atoms with Crippen molar-refractivity contribution in [3.8, 4) is 5.75 Å². The molecule has 0 spiro atoms. The summed E-state index contributed by atoms with van der Waals surface area (Å²) < 4.78 is 0.772. The predicted molar refractivity (Wildman–Crippen MR) is 59.7 cm³/mol. The number of hydrogen-bond acceptors (Lipinski definition) is 3. The van der Waals surface area contributed by atoms with E-state index in [9.17, 15) is 9.90 Å². The first-order valence-electron chi connectivity index (χ1n) is 4.38. The second-order valence-electron chi connectivity index (χ2n) is 3.36. The molecule has 0 saturated carbocycles. The second kappa shape index (κ2) is 4.63. The highest BCUT2D eigenvalue weighted by Gasteiger charge is 2.16. The standard InChI is InChI=1S/C10H12BrNO3/c1-5-2-6(11)3-7(10(5)15)8(12)4-9(13)14/h2-3,8,15H,4,12H2,1H3,(H,13,14). The molecule has 1 unspecified atom stereocenters. The summed E-state index contributed by atoms with van der Waals surface area (Å²) in [7, 11) is 0. The molecule has 0 amide bonds. The van der Waals surface area contributed by atoms with Crippen LogP contribution < -0.4 is 5.73 Å². The molecule has 0 heterocycles. The first kappa shape index (κ1) is 12.0. The molecule has 1 aromatic rings. The number of rotatable bonds is 3. The van der Waals surface area contributed by atoms with Gasteiger partial charge >= 0.3 is 5.97 Å². The van der Waals surface area contributed by atoms with Crippen molar-refractivity contribution in [3.05, 3.63) is 27.7 Å². The van der Waals surface area contributed by atoms with Crippen LogP contribution in [0.2, 0.25) is 0 Å². The van der Waals surface area contributed by atoms with E-state index in [1.807, 2.05) is 0 Å². The van der Waals surface area contributed by atoms with Gasteiger partial charge in [-0.1, -0.05) is 15.9 Å². The number of aliphatic carboxylic acids is 1. The first-order valence-corrected chi connectivity index (χ1v) is 5.17. The van der Waals surface area contributed by atoms with Crippen LogP contribution >= 0.6 is 15.9 Å². The Morgan fingerprint density at radius 1 is 1.60 bits per heavy atom. The summed E-state index contributed by atoms with van der Waals surface area (Å²) in [6.45, 7) is 1.73. The van der Waals surface area contributed by atoms with Gasteiger partial charge in [0.25, 0.3) is 0 Å². The van der Waals surface area contributed by atoms with Crippen molar-refractivity contribution in [2.24, 2.45) is 5.73 Å². The van der Waals surface area contributed by atoms with Crippen LogP contribution in [0.4, 0.5) is 0 Å². The zero-order valence-corrected chi connectivity index (χ0v) is 9.78. The third-order valence-corrected chi connectivity index (χ3v) is 2.55. The quantitative estimate of drug-likeness (QED) is 0.786. The van der Waals surface area contributed by atoms with E-state index in [0.29, 0.717) is 11.1 Å². The van der Waals surface area contributed by atoms with Crippen molar-refractivity contribution in [1.82, 2.24) is 0 Å². The van der Waals surface area contributed by atoms with Crippen LogP contribution in [0.5, 0.6) is 5.75 Å². The SMILES string of the molecule is Cc1cc(Br)cc(C(N)CC(=O)O)c1O. The molecule has 0 aliphatic heterocycles. The van der Waals surface area contributed by atoms with Crippen molar-refractivity contribution >= 4 is 21.9 Å². The van der Waals surface area contributed by atoms with Crippen LogP contribution in [0.3, 0.4) is 0 Å². The number of carboxylic acids is 1. The minimum absolute atomic E-state index is 0.0620. The maximum Gasteiger partial charge on any atom is 0.305 e. The molecule has 15 heavy (non-hydrogen) atoms. The number of nitrogens with two attached hydrogens (primary N) is 1. The Labute approximate surface area is 95.8 Å². The summed E-state index contributed by atoms with van der Waals surface area (Å²) >= 11 is 3.27. The fraction of sp³-hybridized carbons (Fsp3) is 0.300. The zero-order valence-electron chi connectivity index (χ0n) is 8.20. The first-order chi connectivity index (χ1) is 6.91. The van der Waals surface area contributed by atoms with Crippen LogP contribution in [0.1, 0.15) is 23.6 Å². The summed E-state index contributed by atoms with van der Waals surface area (Å²) in [6.07, 6.45) is -0.205. The number of aromatic hydroxyl groups is 1. The molecule has 0 saturated heterocycles. The van der Waals surface area contributed by atoms with Gasteiger partial charge in [0.05, 0.1) is 6.42 Å². The molecule has 1 aromatic carbocycles. The molecule has 5 heteroatoms. The average molecular weight is 274 g/mol. The number of carboxylic acid groups (broad SMARTS) is 1. The fourth-order valence-corrected chi connectivity index (χ4v) is 1.93. The van der Waals surface area contributed by atoms with Gasteiger partial charge in [-0.15, -0.1) is 0 Å². The Hall–Kier alpha value is -1.07. The number of hydrogen-bond donors (Lipinski definition) is 3. The van der Waals surface area contributed by atoms with Gasteiger partial charge in [-0.25, -0.2) is 0 Å². The van der Waals surface area contributed by atoms with E-state index in [1.54, 1.807) is 19.1 Å². The van der Waals surface area contributed by atoms with E-state index in [1.165, 1.54) is 0 Å². The molecule has 0 radical (unpaired) electrons. The van der Waals surface area contributed by atoms with Crippen molar-refractivity contribution in [3.63, 3.8) is 0 Å². The van der Waals surface area contributed by atoms with Gasteiger partial charge in [0.15, 0.2) is 0 Å². The van der Waals surface area contributed by atoms with E-state index >= 15 is 0 Å². The number of phenols is 1. The van der Waals surface area contributed by atoms with E-state index in [-0.39, 0.29) is 12.2 Å². The van der Waals surface area contributed by atoms with Gasteiger partial charge in [0.2, 0.25) is 0 Å². The zero-order chi connectivity index (χ0) is 11.6. The van der Waals surface area contributed by atoms with Crippen molar-refractivity contribution in [2.75, 3.05) is 0 Å². The normalized spacial score (nSPS) is 12.5. The molecule has 0 aromatic heterocycles. The Morgan fingerprint density at radius 2 is 2.20 bits per heavy atom. The van der Waals surface area contributed by atoms with Crippen LogP contribution in [-0.4, -0.2) is 16.2 Å². The number of halogens is 1. The minimum Gasteiger partial charge on any atom is -0.507 e. The van der Waals surface area contributed by atoms with Crippen LogP contribution in [0, 0.1) is 6.92 Å². The maximum absolute atomic E-state index is 10.5. The van der Waals surface area contributed by atoms with Crippen molar-refractivity contribution in [1.29, 1.82) is 0 Å². The predicted octanol–water partition coefficient (Wildman–Crippen LogP) is 1.94. The van der Waals surface area contributed by atoms with Crippen molar-refractivity contribution < 1.29 is 15.0 Å². The highest BCUT2D eigenvalue weighted by Crippen LogP contribution is 2.31. The largest absolute Gasteiger partial charge is 0.507 e. The summed E-state index contributed by atoms with van der Waals surface area (Å²) in [5, 5.41) is 18.3. The number of carbonyl (C=O) groups is 1.